The van der Waals surface area contributed by atoms with Gasteiger partial charge < -0.3 is 0 Å². The molecule has 0 unspecified atom stereocenters. The molecule has 0 spiro atoms. The van der Waals surface area contributed by atoms with Gasteiger partial charge in [0.15, 0.2) is 0 Å². The summed E-state index contributed by atoms with van der Waals surface area (Å²) in [5.41, 5.74) is 0. The molecule has 1 aliphatic carbocycles. The fraction of sp³-hybridized carbons (Fsp3) is 0.333. The Bertz CT molecular complexity index is 227. The molecule has 1 rings (SSSR count). The Morgan fingerprint density at radius 2 is 0.750 bits per heavy atom. The lowest BCUT2D eigenvalue weighted by atomic mass is 10.2. The van der Waals surface area contributed by atoms with E-state index in [4.69, 9.17) is 0 Å². The van der Waals surface area contributed by atoms with E-state index in [0.29, 0.717) is 0 Å². The zero-order valence-electron chi connectivity index (χ0n) is 7.14. The van der Waals surface area contributed by atoms with E-state index in [0.717, 1.165) is 25.7 Å². The lowest BCUT2D eigenvalue weighted by Gasteiger charge is -1.82. The number of hydrogen-bond donors (Lipinski definition) is 0. The Morgan fingerprint density at radius 1 is 0.500 bits per heavy atom. The van der Waals surface area contributed by atoms with E-state index >= 15 is 0 Å². The molecule has 12 heavy (non-hydrogen) atoms. The highest BCUT2D eigenvalue weighted by molar-refractivity contribution is 5.13. The minimum absolute atomic E-state index is 0.857. The number of rotatable bonds is 0. The second kappa shape index (κ2) is 6.32. The summed E-state index contributed by atoms with van der Waals surface area (Å²) in [4.78, 5) is 0. The predicted octanol–water partition coefficient (Wildman–Crippen LogP) is 2.68. The molecule has 60 valence electrons. The molecule has 0 radical (unpaired) electrons. The molecular formula is C12H12. The molecule has 0 saturated heterocycles. The Kier molecular flexibility index (Phi) is 4.58. The van der Waals surface area contributed by atoms with Gasteiger partial charge in [-0.2, -0.15) is 0 Å². The van der Waals surface area contributed by atoms with Gasteiger partial charge >= 0.3 is 0 Å². The minimum atomic E-state index is 0.857. The zero-order valence-corrected chi connectivity index (χ0v) is 7.14. The maximum Gasteiger partial charge on any atom is 0.0270 e. The van der Waals surface area contributed by atoms with Crippen LogP contribution in [-0.4, -0.2) is 0 Å². The van der Waals surface area contributed by atoms with Crippen molar-refractivity contribution in [2.24, 2.45) is 0 Å². The molecule has 0 amide bonds. The topological polar surface area (TPSA) is 0 Å². The molecule has 0 heterocycles. The van der Waals surface area contributed by atoms with E-state index in [-0.39, 0.29) is 0 Å². The van der Waals surface area contributed by atoms with Crippen LogP contribution in [0.3, 0.4) is 0 Å². The number of allylic oxidation sites excluding steroid dienone is 4. The lowest BCUT2D eigenvalue weighted by molar-refractivity contribution is 1.33. The minimum Gasteiger partial charge on any atom is -0.0988 e. The largest absolute Gasteiger partial charge is 0.0988 e. The van der Waals surface area contributed by atoms with E-state index in [2.05, 4.69) is 48.0 Å². The molecule has 0 aliphatic heterocycles. The average molecular weight is 156 g/mol. The summed E-state index contributed by atoms with van der Waals surface area (Å²) in [6, 6.07) is 0. The Labute approximate surface area is 74.4 Å². The van der Waals surface area contributed by atoms with Gasteiger partial charge in [0.2, 0.25) is 0 Å². The predicted molar refractivity (Wildman–Crippen MR) is 52.3 cm³/mol. The van der Waals surface area contributed by atoms with Crippen LogP contribution in [-0.2, 0) is 0 Å². The van der Waals surface area contributed by atoms with Crippen molar-refractivity contribution in [2.45, 2.75) is 25.7 Å². The highest BCUT2D eigenvalue weighted by Gasteiger charge is 1.74. The maximum atomic E-state index is 3.07. The van der Waals surface area contributed by atoms with Gasteiger partial charge in [-0.3, -0.25) is 0 Å². The van der Waals surface area contributed by atoms with Gasteiger partial charge in [0.1, 0.15) is 0 Å². The van der Waals surface area contributed by atoms with E-state index in [1.54, 1.807) is 0 Å². The van der Waals surface area contributed by atoms with E-state index in [1.807, 2.05) is 0 Å². The van der Waals surface area contributed by atoms with Gasteiger partial charge in [-0.1, -0.05) is 48.0 Å². The lowest BCUT2D eigenvalue weighted by Crippen LogP contribution is -1.67. The first-order valence-corrected chi connectivity index (χ1v) is 4.21. The summed E-state index contributed by atoms with van der Waals surface area (Å²) in [5, 5.41) is 0. The summed E-state index contributed by atoms with van der Waals surface area (Å²) in [5.74, 6) is 12.3. The Balaban J connectivity index is 2.48. The Hall–Kier alpha value is -1.40. The van der Waals surface area contributed by atoms with Crippen LogP contribution in [0.2, 0.25) is 0 Å². The van der Waals surface area contributed by atoms with Crippen molar-refractivity contribution in [1.29, 1.82) is 0 Å². The van der Waals surface area contributed by atoms with Crippen LogP contribution in [0.15, 0.2) is 24.3 Å². The first-order chi connectivity index (χ1) is 6.00. The van der Waals surface area contributed by atoms with Crippen LogP contribution >= 0.6 is 0 Å². The van der Waals surface area contributed by atoms with Crippen molar-refractivity contribution in [2.75, 3.05) is 0 Å². The van der Waals surface area contributed by atoms with Crippen molar-refractivity contribution >= 4 is 0 Å². The first kappa shape index (κ1) is 8.69. The van der Waals surface area contributed by atoms with E-state index in [9.17, 15) is 0 Å². The summed E-state index contributed by atoms with van der Waals surface area (Å²) in [6.07, 6.45) is 11.7. The SMILES string of the molecule is C1#CC/C=C/CC#CC/C=C\C1. The molecule has 0 atom stereocenters. The first-order valence-electron chi connectivity index (χ1n) is 4.21. The standard InChI is InChI=1S/C12H12/c1-2-4-6-8-10-12-11-9-7-5-3-1/h1-2,11-12H,3-4,9-10H2/b2-1-,12-11+. The van der Waals surface area contributed by atoms with Crippen molar-refractivity contribution in [3.05, 3.63) is 24.3 Å². The Morgan fingerprint density at radius 3 is 1.00 bits per heavy atom. The third kappa shape index (κ3) is 4.42. The highest BCUT2D eigenvalue weighted by atomic mass is 13.8. The number of hydrogen-bond acceptors (Lipinski definition) is 0. The van der Waals surface area contributed by atoms with Crippen LogP contribution in [0.5, 0.6) is 0 Å². The fourth-order valence-electron chi connectivity index (χ4n) is 0.858. The molecule has 0 nitrogen and oxygen atoms in total. The van der Waals surface area contributed by atoms with Gasteiger partial charge in [0.25, 0.3) is 0 Å². The molecule has 0 aromatic rings. The third-order valence-corrected chi connectivity index (χ3v) is 1.46. The zero-order chi connectivity index (χ0) is 8.49. The summed E-state index contributed by atoms with van der Waals surface area (Å²) in [7, 11) is 0. The molecule has 1 aliphatic rings. The van der Waals surface area contributed by atoms with Crippen LogP contribution in [0.1, 0.15) is 25.7 Å². The smallest absolute Gasteiger partial charge is 0.0270 e. The maximum absolute atomic E-state index is 3.07. The second-order valence-corrected chi connectivity index (χ2v) is 2.47. The van der Waals surface area contributed by atoms with Gasteiger partial charge in [-0.25, -0.2) is 0 Å². The van der Waals surface area contributed by atoms with E-state index in [1.165, 1.54) is 0 Å². The molecule has 0 aromatic heterocycles. The van der Waals surface area contributed by atoms with Gasteiger partial charge in [0.05, 0.1) is 0 Å². The van der Waals surface area contributed by atoms with Gasteiger partial charge in [-0.05, 0) is 0 Å². The molecule has 0 fully saturated rings. The van der Waals surface area contributed by atoms with E-state index < -0.39 is 0 Å². The second-order valence-electron chi connectivity index (χ2n) is 2.47. The molecule has 0 saturated carbocycles. The van der Waals surface area contributed by atoms with Gasteiger partial charge in [0, 0.05) is 25.7 Å². The van der Waals surface area contributed by atoms with Crippen molar-refractivity contribution in [3.8, 4) is 23.7 Å². The van der Waals surface area contributed by atoms with Crippen LogP contribution < -0.4 is 0 Å². The molecule has 0 aromatic carbocycles. The van der Waals surface area contributed by atoms with Gasteiger partial charge in [-0.15, -0.1) is 0 Å². The monoisotopic (exact) mass is 156 g/mol. The van der Waals surface area contributed by atoms with Crippen molar-refractivity contribution in [3.63, 3.8) is 0 Å². The van der Waals surface area contributed by atoms with Crippen LogP contribution in [0.4, 0.5) is 0 Å². The van der Waals surface area contributed by atoms with Crippen LogP contribution in [0.25, 0.3) is 0 Å². The summed E-state index contributed by atoms with van der Waals surface area (Å²) in [6.45, 7) is 0. The fourth-order valence-corrected chi connectivity index (χ4v) is 0.858. The van der Waals surface area contributed by atoms with Crippen LogP contribution in [0, 0.1) is 23.7 Å². The molecule has 0 heteroatoms. The van der Waals surface area contributed by atoms with Crippen molar-refractivity contribution in [1.82, 2.24) is 0 Å². The normalized spacial score (nSPS) is 21.3. The third-order valence-electron chi connectivity index (χ3n) is 1.46. The molecule has 0 N–H and O–H groups in total. The quantitative estimate of drug-likeness (QED) is 0.373. The highest BCUT2D eigenvalue weighted by Crippen LogP contribution is 1.89. The molecular weight excluding hydrogens is 144 g/mol. The average Bonchev–Trinajstić information content (AvgIpc) is 2.05. The summed E-state index contributed by atoms with van der Waals surface area (Å²) < 4.78 is 0. The summed E-state index contributed by atoms with van der Waals surface area (Å²) >= 11 is 0. The molecule has 0 bridgehead atoms. The van der Waals surface area contributed by atoms with Crippen molar-refractivity contribution < 1.29 is 0 Å².